The summed E-state index contributed by atoms with van der Waals surface area (Å²) in [4.78, 5) is 23.2. The number of aliphatic carboxylic acids is 1. The Morgan fingerprint density at radius 3 is 2.20 bits per heavy atom. The summed E-state index contributed by atoms with van der Waals surface area (Å²) in [6.45, 7) is -0.595. The summed E-state index contributed by atoms with van der Waals surface area (Å²) >= 11 is 5.82. The van der Waals surface area contributed by atoms with Crippen molar-refractivity contribution >= 4 is 39.2 Å². The summed E-state index contributed by atoms with van der Waals surface area (Å²) in [5, 5.41) is 11.4. The number of anilines is 1. The lowest BCUT2D eigenvalue weighted by atomic mass is 10.0. The lowest BCUT2D eigenvalue weighted by Gasteiger charge is -2.14. The van der Waals surface area contributed by atoms with Gasteiger partial charge in [0.05, 0.1) is 16.1 Å². The van der Waals surface area contributed by atoms with Gasteiger partial charge in [0.2, 0.25) is 0 Å². The van der Waals surface area contributed by atoms with E-state index in [1.54, 1.807) is 6.07 Å². The molecule has 7 nitrogen and oxygen atoms in total. The van der Waals surface area contributed by atoms with Crippen LogP contribution in [-0.2, 0) is 14.8 Å². The molecular formula is C21H17ClN2O5S. The third-order valence-electron chi connectivity index (χ3n) is 4.14. The third kappa shape index (κ3) is 5.16. The second-order valence-corrected chi connectivity index (χ2v) is 8.38. The van der Waals surface area contributed by atoms with Crippen LogP contribution in [0.25, 0.3) is 11.1 Å². The number of hydrogen-bond donors (Lipinski definition) is 3. The summed E-state index contributed by atoms with van der Waals surface area (Å²) in [5.74, 6) is -1.93. The van der Waals surface area contributed by atoms with Crippen molar-refractivity contribution in [3.05, 3.63) is 83.4 Å². The average Bonchev–Trinajstić information content (AvgIpc) is 2.72. The van der Waals surface area contributed by atoms with Gasteiger partial charge in [-0.05, 0) is 47.5 Å². The van der Waals surface area contributed by atoms with Crippen LogP contribution in [0.4, 0.5) is 5.69 Å². The topological polar surface area (TPSA) is 113 Å². The van der Waals surface area contributed by atoms with Crippen LogP contribution in [0.2, 0.25) is 5.02 Å². The number of carbonyl (C=O) groups is 2. The van der Waals surface area contributed by atoms with Crippen LogP contribution < -0.4 is 10.0 Å². The normalized spacial score (nSPS) is 11.0. The van der Waals surface area contributed by atoms with Crippen LogP contribution in [0, 0.1) is 0 Å². The molecule has 1 amide bonds. The highest BCUT2D eigenvalue weighted by molar-refractivity contribution is 7.92. The third-order valence-corrected chi connectivity index (χ3v) is 5.77. The van der Waals surface area contributed by atoms with Crippen LogP contribution in [0.15, 0.2) is 77.7 Å². The second-order valence-electron chi connectivity index (χ2n) is 6.26. The number of carboxylic acid groups (broad SMARTS) is 1. The first-order chi connectivity index (χ1) is 14.3. The molecule has 0 spiro atoms. The molecule has 3 rings (SSSR count). The highest BCUT2D eigenvalue weighted by atomic mass is 35.5. The smallest absolute Gasteiger partial charge is 0.322 e. The molecule has 3 N–H and O–H groups in total. The molecule has 0 bridgehead atoms. The average molecular weight is 445 g/mol. The maximum Gasteiger partial charge on any atom is 0.322 e. The molecule has 30 heavy (non-hydrogen) atoms. The first-order valence-corrected chi connectivity index (χ1v) is 10.6. The molecule has 0 saturated heterocycles. The molecular weight excluding hydrogens is 428 g/mol. The Morgan fingerprint density at radius 2 is 1.57 bits per heavy atom. The monoisotopic (exact) mass is 444 g/mol. The van der Waals surface area contributed by atoms with Crippen LogP contribution in [0.5, 0.6) is 0 Å². The van der Waals surface area contributed by atoms with E-state index in [0.717, 1.165) is 5.56 Å². The summed E-state index contributed by atoms with van der Waals surface area (Å²) < 4.78 is 28.1. The standard InChI is InChI=1S/C21H17ClN2O5S/c22-16-7-9-17(10-8-16)30(28,29)24-19-12-15(14-4-2-1-3-5-14)6-11-18(19)21(27)23-13-20(25)26/h1-12,24H,13H2,(H,23,27)(H,25,26). The first-order valence-electron chi connectivity index (χ1n) is 8.74. The van der Waals surface area contributed by atoms with Gasteiger partial charge in [0.25, 0.3) is 15.9 Å². The van der Waals surface area contributed by atoms with Crippen molar-refractivity contribution in [2.75, 3.05) is 11.3 Å². The molecule has 0 aliphatic carbocycles. The van der Waals surface area contributed by atoms with Crippen molar-refractivity contribution in [2.24, 2.45) is 0 Å². The summed E-state index contributed by atoms with van der Waals surface area (Å²) in [7, 11) is -4.02. The number of benzene rings is 3. The number of halogens is 1. The van der Waals surface area contributed by atoms with Crippen molar-refractivity contribution in [3.8, 4) is 11.1 Å². The van der Waals surface area contributed by atoms with Crippen molar-refractivity contribution < 1.29 is 23.1 Å². The molecule has 9 heteroatoms. The highest BCUT2D eigenvalue weighted by Crippen LogP contribution is 2.28. The summed E-state index contributed by atoms with van der Waals surface area (Å²) in [5.41, 5.74) is 1.52. The van der Waals surface area contributed by atoms with E-state index < -0.39 is 28.4 Å². The SMILES string of the molecule is O=C(O)CNC(=O)c1ccc(-c2ccccc2)cc1NS(=O)(=O)c1ccc(Cl)cc1. The molecule has 0 heterocycles. The van der Waals surface area contributed by atoms with Gasteiger partial charge < -0.3 is 10.4 Å². The molecule has 0 aliphatic heterocycles. The van der Waals surface area contributed by atoms with Crippen LogP contribution in [-0.4, -0.2) is 31.9 Å². The van der Waals surface area contributed by atoms with Gasteiger partial charge in [0.15, 0.2) is 0 Å². The Morgan fingerprint density at radius 1 is 0.900 bits per heavy atom. The van der Waals surface area contributed by atoms with Crippen LogP contribution >= 0.6 is 11.6 Å². The number of carboxylic acids is 1. The number of rotatable bonds is 7. The van der Waals surface area contributed by atoms with Gasteiger partial charge in [-0.2, -0.15) is 0 Å². The van der Waals surface area contributed by atoms with E-state index in [2.05, 4.69) is 10.0 Å². The molecule has 154 valence electrons. The molecule has 0 aliphatic rings. The van der Waals surface area contributed by atoms with Gasteiger partial charge in [-0.15, -0.1) is 0 Å². The molecule has 0 saturated carbocycles. The number of amides is 1. The lowest BCUT2D eigenvalue weighted by Crippen LogP contribution is -2.30. The van der Waals surface area contributed by atoms with Gasteiger partial charge in [0, 0.05) is 5.02 Å². The van der Waals surface area contributed by atoms with E-state index in [1.165, 1.54) is 36.4 Å². The van der Waals surface area contributed by atoms with Crippen molar-refractivity contribution in [2.45, 2.75) is 4.90 Å². The van der Waals surface area contributed by atoms with Crippen molar-refractivity contribution in [3.63, 3.8) is 0 Å². The lowest BCUT2D eigenvalue weighted by molar-refractivity contribution is -0.135. The summed E-state index contributed by atoms with van der Waals surface area (Å²) in [6, 6.07) is 19.4. The molecule has 0 aromatic heterocycles. The van der Waals surface area contributed by atoms with Crippen LogP contribution in [0.3, 0.4) is 0 Å². The molecule has 0 atom stereocenters. The van der Waals surface area contributed by atoms with E-state index >= 15 is 0 Å². The largest absolute Gasteiger partial charge is 0.480 e. The number of hydrogen-bond acceptors (Lipinski definition) is 4. The van der Waals surface area contributed by atoms with Gasteiger partial charge in [-0.1, -0.05) is 48.0 Å². The molecule has 3 aromatic rings. The molecule has 0 fully saturated rings. The van der Waals surface area contributed by atoms with Crippen molar-refractivity contribution in [1.82, 2.24) is 5.32 Å². The fraction of sp³-hybridized carbons (Fsp3) is 0.0476. The predicted molar refractivity (Wildman–Crippen MR) is 114 cm³/mol. The predicted octanol–water partition coefficient (Wildman–Crippen LogP) is 3.62. The quantitative estimate of drug-likeness (QED) is 0.515. The first kappa shape index (κ1) is 21.4. The number of nitrogens with one attached hydrogen (secondary N) is 2. The minimum atomic E-state index is -4.02. The van der Waals surface area contributed by atoms with Crippen molar-refractivity contribution in [1.29, 1.82) is 0 Å². The van der Waals surface area contributed by atoms with E-state index in [9.17, 15) is 18.0 Å². The van der Waals surface area contributed by atoms with E-state index in [-0.39, 0.29) is 16.1 Å². The van der Waals surface area contributed by atoms with E-state index in [0.29, 0.717) is 10.6 Å². The molecule has 3 aromatic carbocycles. The van der Waals surface area contributed by atoms with Gasteiger partial charge in [0.1, 0.15) is 6.54 Å². The Kier molecular flexibility index (Phi) is 6.39. The Bertz CT molecular complexity index is 1180. The molecule has 0 unspecified atom stereocenters. The minimum Gasteiger partial charge on any atom is -0.480 e. The Balaban J connectivity index is 2.02. The maximum absolute atomic E-state index is 12.8. The Labute approximate surface area is 178 Å². The van der Waals surface area contributed by atoms with Gasteiger partial charge in [-0.3, -0.25) is 14.3 Å². The summed E-state index contributed by atoms with van der Waals surface area (Å²) in [6.07, 6.45) is 0. The fourth-order valence-electron chi connectivity index (χ4n) is 2.71. The van der Waals surface area contributed by atoms with Gasteiger partial charge in [-0.25, -0.2) is 8.42 Å². The minimum absolute atomic E-state index is 0.00605. The Hall–Kier alpha value is -3.36. The fourth-order valence-corrected chi connectivity index (χ4v) is 3.90. The van der Waals surface area contributed by atoms with Crippen LogP contribution in [0.1, 0.15) is 10.4 Å². The maximum atomic E-state index is 12.8. The second kappa shape index (κ2) is 8.98. The molecule has 0 radical (unpaired) electrons. The number of carbonyl (C=O) groups excluding carboxylic acids is 1. The number of sulfonamides is 1. The zero-order valence-electron chi connectivity index (χ0n) is 15.5. The zero-order chi connectivity index (χ0) is 21.7. The van der Waals surface area contributed by atoms with E-state index in [4.69, 9.17) is 16.7 Å². The van der Waals surface area contributed by atoms with Gasteiger partial charge >= 0.3 is 5.97 Å². The zero-order valence-corrected chi connectivity index (χ0v) is 17.1. The van der Waals surface area contributed by atoms with E-state index in [1.807, 2.05) is 30.3 Å². The highest BCUT2D eigenvalue weighted by Gasteiger charge is 2.20.